The van der Waals surface area contributed by atoms with E-state index in [4.69, 9.17) is 20.8 Å². The number of rotatable bonds is 4. The zero-order valence-electron chi connectivity index (χ0n) is 15.8. The van der Waals surface area contributed by atoms with Crippen molar-refractivity contribution in [2.45, 2.75) is 20.5 Å². The van der Waals surface area contributed by atoms with Gasteiger partial charge in [0.2, 0.25) is 0 Å². The molecule has 7 heteroatoms. The Morgan fingerprint density at radius 1 is 1.28 bits per heavy atom. The second-order valence-electron chi connectivity index (χ2n) is 6.63. The topological polar surface area (TPSA) is 73.8 Å². The predicted molar refractivity (Wildman–Crippen MR) is 111 cm³/mol. The van der Waals surface area contributed by atoms with E-state index < -0.39 is 11.6 Å². The summed E-state index contributed by atoms with van der Waals surface area (Å²) in [4.78, 5) is 28.4. The van der Waals surface area contributed by atoms with Gasteiger partial charge in [-0.3, -0.25) is 4.40 Å². The van der Waals surface area contributed by atoms with E-state index in [2.05, 4.69) is 4.98 Å². The van der Waals surface area contributed by atoms with Gasteiger partial charge in [0, 0.05) is 29.3 Å². The summed E-state index contributed by atoms with van der Waals surface area (Å²) in [6, 6.07) is 10.7. The molecule has 3 aromatic heterocycles. The number of hydrogen-bond acceptors (Lipinski definition) is 5. The van der Waals surface area contributed by atoms with Gasteiger partial charge in [-0.05, 0) is 43.2 Å². The Kier molecular flexibility index (Phi) is 4.94. The lowest BCUT2D eigenvalue weighted by atomic mass is 10.0. The molecular formula is C22H17ClN2O4. The van der Waals surface area contributed by atoms with Gasteiger partial charge in [-0.15, -0.1) is 0 Å². The highest BCUT2D eigenvalue weighted by atomic mass is 35.5. The maximum absolute atomic E-state index is 12.2. The van der Waals surface area contributed by atoms with E-state index in [-0.39, 0.29) is 11.8 Å². The highest BCUT2D eigenvalue weighted by molar-refractivity contribution is 6.31. The average molecular weight is 409 g/mol. The van der Waals surface area contributed by atoms with Crippen LogP contribution in [0.3, 0.4) is 0 Å². The van der Waals surface area contributed by atoms with E-state index in [9.17, 15) is 9.59 Å². The number of nitrogens with zero attached hydrogens (tertiary/aromatic N) is 2. The minimum absolute atomic E-state index is 0.0470. The summed E-state index contributed by atoms with van der Waals surface area (Å²) in [5.74, 6) is -0.558. The second-order valence-corrected chi connectivity index (χ2v) is 6.99. The summed E-state index contributed by atoms with van der Waals surface area (Å²) >= 11 is 6.15. The van der Waals surface area contributed by atoms with Crippen LogP contribution < -0.4 is 5.63 Å². The molecule has 0 aliphatic rings. The van der Waals surface area contributed by atoms with Crippen molar-refractivity contribution in [1.29, 1.82) is 0 Å². The van der Waals surface area contributed by atoms with Gasteiger partial charge in [0.05, 0.1) is 5.69 Å². The minimum Gasteiger partial charge on any atom is -0.458 e. The molecule has 3 heterocycles. The first-order chi connectivity index (χ1) is 13.9. The first kappa shape index (κ1) is 19.0. The molecule has 0 unspecified atom stereocenters. The van der Waals surface area contributed by atoms with Crippen molar-refractivity contribution < 1.29 is 13.9 Å². The molecular weight excluding hydrogens is 392 g/mol. The zero-order valence-corrected chi connectivity index (χ0v) is 16.6. The van der Waals surface area contributed by atoms with E-state index in [0.29, 0.717) is 22.5 Å². The van der Waals surface area contributed by atoms with Gasteiger partial charge in [0.25, 0.3) is 0 Å². The highest BCUT2D eigenvalue weighted by Gasteiger charge is 2.11. The van der Waals surface area contributed by atoms with Crippen molar-refractivity contribution in [2.24, 2.45) is 0 Å². The molecule has 146 valence electrons. The molecule has 1 aromatic carbocycles. The maximum atomic E-state index is 12.2. The Morgan fingerprint density at radius 3 is 2.93 bits per heavy atom. The van der Waals surface area contributed by atoms with Crippen molar-refractivity contribution >= 4 is 40.3 Å². The monoisotopic (exact) mass is 408 g/mol. The Morgan fingerprint density at radius 2 is 2.10 bits per heavy atom. The maximum Gasteiger partial charge on any atom is 0.336 e. The normalized spacial score (nSPS) is 11.6. The molecule has 4 aromatic rings. The fourth-order valence-electron chi connectivity index (χ4n) is 3.12. The van der Waals surface area contributed by atoms with Crippen molar-refractivity contribution in [3.05, 3.63) is 86.6 Å². The number of hydrogen-bond donors (Lipinski definition) is 0. The largest absolute Gasteiger partial charge is 0.458 e. The number of imidazole rings is 1. The molecule has 0 N–H and O–H groups in total. The number of carbonyl (C=O) groups is 1. The molecule has 29 heavy (non-hydrogen) atoms. The molecule has 0 aliphatic carbocycles. The summed E-state index contributed by atoms with van der Waals surface area (Å²) in [5.41, 5.74) is 3.78. The lowest BCUT2D eigenvalue weighted by molar-refractivity contribution is -0.138. The van der Waals surface area contributed by atoms with Crippen molar-refractivity contribution in [3.63, 3.8) is 0 Å². The van der Waals surface area contributed by atoms with Crippen molar-refractivity contribution in [3.8, 4) is 0 Å². The molecule has 6 nitrogen and oxygen atoms in total. The smallest absolute Gasteiger partial charge is 0.336 e. The van der Waals surface area contributed by atoms with Gasteiger partial charge in [-0.25, -0.2) is 14.6 Å². The standard InChI is InChI=1S/C22H17ClN2O4/c1-13-6-7-16-15(11-20(27)29-21(16)14(13)2)12-28-19(26)9-8-17-22(23)24-18-5-3-4-10-25(17)18/h3-11H,12H2,1-2H3/b9-8+. The van der Waals surface area contributed by atoms with Gasteiger partial charge >= 0.3 is 11.6 Å². The summed E-state index contributed by atoms with van der Waals surface area (Å²) in [5, 5.41) is 1.03. The van der Waals surface area contributed by atoms with Crippen LogP contribution in [0.15, 0.2) is 57.9 Å². The third kappa shape index (κ3) is 3.67. The fourth-order valence-corrected chi connectivity index (χ4v) is 3.36. The van der Waals surface area contributed by atoms with E-state index >= 15 is 0 Å². The fraction of sp³-hybridized carbons (Fsp3) is 0.136. The number of carbonyl (C=O) groups excluding carboxylic acids is 1. The molecule has 0 saturated carbocycles. The minimum atomic E-state index is -0.558. The van der Waals surface area contributed by atoms with Crippen LogP contribution in [0.5, 0.6) is 0 Å². The predicted octanol–water partition coefficient (Wildman–Crippen LogP) is 4.47. The first-order valence-corrected chi connectivity index (χ1v) is 9.32. The summed E-state index contributed by atoms with van der Waals surface area (Å²) in [7, 11) is 0. The average Bonchev–Trinajstić information content (AvgIpc) is 3.02. The van der Waals surface area contributed by atoms with Crippen LogP contribution in [0.1, 0.15) is 22.4 Å². The third-order valence-electron chi connectivity index (χ3n) is 4.79. The van der Waals surface area contributed by atoms with Gasteiger partial charge < -0.3 is 9.15 Å². The number of aryl methyl sites for hydroxylation is 2. The van der Waals surface area contributed by atoms with Crippen molar-refractivity contribution in [1.82, 2.24) is 9.38 Å². The SMILES string of the molecule is Cc1ccc2c(COC(=O)/C=C/c3c(Cl)nc4ccccn34)cc(=O)oc2c1C. The number of ether oxygens (including phenoxy) is 1. The van der Waals surface area contributed by atoms with E-state index in [1.165, 1.54) is 12.1 Å². The Hall–Kier alpha value is -3.38. The molecule has 0 amide bonds. The third-order valence-corrected chi connectivity index (χ3v) is 5.06. The quantitative estimate of drug-likeness (QED) is 0.283. The molecule has 0 saturated heterocycles. The molecule has 0 spiro atoms. The molecule has 0 atom stereocenters. The van der Waals surface area contributed by atoms with Gasteiger partial charge in [-0.1, -0.05) is 29.8 Å². The van der Waals surface area contributed by atoms with Crippen LogP contribution >= 0.6 is 11.6 Å². The number of aromatic nitrogens is 2. The Balaban J connectivity index is 1.56. The van der Waals surface area contributed by atoms with Crippen molar-refractivity contribution in [2.75, 3.05) is 0 Å². The highest BCUT2D eigenvalue weighted by Crippen LogP contribution is 2.24. The molecule has 0 fully saturated rings. The number of fused-ring (bicyclic) bond motifs is 2. The Labute approximate surface area is 171 Å². The molecule has 0 bridgehead atoms. The molecule has 0 radical (unpaired) electrons. The van der Waals surface area contributed by atoms with Gasteiger partial charge in [-0.2, -0.15) is 0 Å². The van der Waals surface area contributed by atoms with Gasteiger partial charge in [0.1, 0.15) is 17.8 Å². The van der Waals surface area contributed by atoms with Crippen LogP contribution in [0.2, 0.25) is 5.15 Å². The van der Waals surface area contributed by atoms with Crippen LogP contribution in [-0.2, 0) is 16.1 Å². The number of pyridine rings is 1. The Bertz CT molecular complexity index is 1330. The van der Waals surface area contributed by atoms with E-state index in [1.807, 2.05) is 44.2 Å². The number of halogens is 1. The van der Waals surface area contributed by atoms with Crippen LogP contribution in [0, 0.1) is 13.8 Å². The summed E-state index contributed by atoms with van der Waals surface area (Å²) in [6.07, 6.45) is 4.64. The van der Waals surface area contributed by atoms with E-state index in [0.717, 1.165) is 16.5 Å². The lowest BCUT2D eigenvalue weighted by Gasteiger charge is -2.09. The lowest BCUT2D eigenvalue weighted by Crippen LogP contribution is -2.06. The summed E-state index contributed by atoms with van der Waals surface area (Å²) < 4.78 is 12.4. The van der Waals surface area contributed by atoms with Gasteiger partial charge in [0.15, 0.2) is 5.15 Å². The number of benzene rings is 1. The second kappa shape index (κ2) is 7.56. The van der Waals surface area contributed by atoms with E-state index in [1.54, 1.807) is 16.7 Å². The first-order valence-electron chi connectivity index (χ1n) is 8.94. The summed E-state index contributed by atoms with van der Waals surface area (Å²) in [6.45, 7) is 3.78. The molecule has 4 rings (SSSR count). The molecule has 0 aliphatic heterocycles. The number of esters is 1. The zero-order chi connectivity index (χ0) is 20.5. The van der Waals surface area contributed by atoms with Crippen LogP contribution in [0.4, 0.5) is 0 Å². The van der Waals surface area contributed by atoms with Crippen LogP contribution in [0.25, 0.3) is 22.7 Å². The van der Waals surface area contributed by atoms with Crippen LogP contribution in [-0.4, -0.2) is 15.4 Å².